The van der Waals surface area contributed by atoms with E-state index in [0.29, 0.717) is 25.4 Å². The summed E-state index contributed by atoms with van der Waals surface area (Å²) in [4.78, 5) is 26.5. The normalized spacial score (nSPS) is 20.9. The zero-order valence-electron chi connectivity index (χ0n) is 13.2. The Labute approximate surface area is 134 Å². The molecule has 0 bridgehead atoms. The number of nitrogens with zero attached hydrogens (tertiary/aromatic N) is 2. The molecule has 0 radical (unpaired) electrons. The van der Waals surface area contributed by atoms with E-state index in [9.17, 15) is 9.59 Å². The Morgan fingerprint density at radius 3 is 2.91 bits per heavy atom. The van der Waals surface area contributed by atoms with Gasteiger partial charge in [0.1, 0.15) is 0 Å². The van der Waals surface area contributed by atoms with Gasteiger partial charge in [0, 0.05) is 38.6 Å². The van der Waals surface area contributed by atoms with Crippen LogP contribution in [0.25, 0.3) is 10.9 Å². The number of rotatable bonds is 4. The van der Waals surface area contributed by atoms with Crippen molar-refractivity contribution in [3.05, 3.63) is 30.0 Å². The molecular weight excluding hydrogens is 296 g/mol. The molecule has 23 heavy (non-hydrogen) atoms. The number of fused-ring (bicyclic) bond motifs is 1. The lowest BCUT2D eigenvalue weighted by Crippen LogP contribution is -2.34. The third-order valence-corrected chi connectivity index (χ3v) is 4.37. The molecule has 0 unspecified atom stereocenters. The molecular formula is C16H20N4O3. The van der Waals surface area contributed by atoms with Crippen molar-refractivity contribution in [2.45, 2.75) is 0 Å². The number of ether oxygens (including phenoxy) is 1. The molecule has 1 fully saturated rings. The van der Waals surface area contributed by atoms with E-state index in [-0.39, 0.29) is 23.7 Å². The van der Waals surface area contributed by atoms with E-state index in [1.165, 1.54) is 0 Å². The monoisotopic (exact) mass is 316 g/mol. The number of hydrogen-bond acceptors (Lipinski definition) is 4. The maximum Gasteiger partial charge on any atom is 0.275 e. The number of amides is 2. The number of carbonyl (C=O) groups excluding carboxylic acids is 2. The molecule has 2 aromatic rings. The molecule has 1 aromatic carbocycles. The van der Waals surface area contributed by atoms with Crippen LogP contribution < -0.4 is 5.32 Å². The first-order valence-electron chi connectivity index (χ1n) is 7.58. The number of carbonyl (C=O) groups is 2. The number of likely N-dealkylation sites (tertiary alicyclic amines) is 1. The van der Waals surface area contributed by atoms with E-state index >= 15 is 0 Å². The fourth-order valence-electron chi connectivity index (χ4n) is 3.18. The molecule has 2 amide bonds. The number of benzene rings is 1. The first-order chi connectivity index (χ1) is 11.2. The molecule has 1 aliphatic heterocycles. The second-order valence-corrected chi connectivity index (χ2v) is 5.76. The molecule has 3 rings (SSSR count). The lowest BCUT2D eigenvalue weighted by atomic mass is 9.96. The maximum atomic E-state index is 12.8. The van der Waals surface area contributed by atoms with E-state index in [1.807, 2.05) is 24.3 Å². The van der Waals surface area contributed by atoms with Crippen LogP contribution in [0.3, 0.4) is 0 Å². The Balaban J connectivity index is 1.84. The molecule has 1 aromatic heterocycles. The van der Waals surface area contributed by atoms with E-state index in [0.717, 1.165) is 10.9 Å². The quantitative estimate of drug-likeness (QED) is 0.867. The van der Waals surface area contributed by atoms with Crippen LogP contribution in [0, 0.1) is 11.8 Å². The van der Waals surface area contributed by atoms with Crippen molar-refractivity contribution in [3.8, 4) is 0 Å². The predicted molar refractivity (Wildman–Crippen MR) is 84.9 cm³/mol. The predicted octanol–water partition coefficient (Wildman–Crippen LogP) is 0.643. The summed E-state index contributed by atoms with van der Waals surface area (Å²) in [6.07, 6.45) is 0. The fraction of sp³-hybridized carbons (Fsp3) is 0.438. The molecule has 0 saturated carbocycles. The van der Waals surface area contributed by atoms with Crippen LogP contribution in [-0.2, 0) is 9.53 Å². The van der Waals surface area contributed by atoms with Gasteiger partial charge >= 0.3 is 0 Å². The van der Waals surface area contributed by atoms with E-state index in [2.05, 4.69) is 15.5 Å². The Morgan fingerprint density at radius 2 is 2.17 bits per heavy atom. The summed E-state index contributed by atoms with van der Waals surface area (Å²) in [6, 6.07) is 7.51. The van der Waals surface area contributed by atoms with Crippen molar-refractivity contribution >= 4 is 22.7 Å². The van der Waals surface area contributed by atoms with Crippen LogP contribution in [-0.4, -0.2) is 60.8 Å². The summed E-state index contributed by atoms with van der Waals surface area (Å²) in [6.45, 7) is 1.32. The van der Waals surface area contributed by atoms with Gasteiger partial charge in [-0.15, -0.1) is 0 Å². The first-order valence-corrected chi connectivity index (χ1v) is 7.58. The highest BCUT2D eigenvalue weighted by atomic mass is 16.5. The molecule has 0 spiro atoms. The van der Waals surface area contributed by atoms with E-state index in [1.54, 1.807) is 19.1 Å². The van der Waals surface area contributed by atoms with Gasteiger partial charge < -0.3 is 15.0 Å². The van der Waals surface area contributed by atoms with Crippen molar-refractivity contribution in [2.24, 2.45) is 11.8 Å². The van der Waals surface area contributed by atoms with Crippen LogP contribution in [0.4, 0.5) is 0 Å². The van der Waals surface area contributed by atoms with Gasteiger partial charge in [0.05, 0.1) is 18.0 Å². The summed E-state index contributed by atoms with van der Waals surface area (Å²) >= 11 is 0. The molecule has 1 aliphatic rings. The second-order valence-electron chi connectivity index (χ2n) is 5.76. The van der Waals surface area contributed by atoms with Gasteiger partial charge in [0.25, 0.3) is 5.91 Å². The molecule has 0 aliphatic carbocycles. The minimum atomic E-state index is -0.255. The van der Waals surface area contributed by atoms with Gasteiger partial charge in [-0.05, 0) is 6.07 Å². The van der Waals surface area contributed by atoms with Crippen molar-refractivity contribution in [2.75, 3.05) is 33.9 Å². The molecule has 122 valence electrons. The summed E-state index contributed by atoms with van der Waals surface area (Å²) in [7, 11) is 3.21. The topological polar surface area (TPSA) is 87.3 Å². The van der Waals surface area contributed by atoms with Crippen LogP contribution in [0.15, 0.2) is 24.3 Å². The van der Waals surface area contributed by atoms with Gasteiger partial charge in [-0.3, -0.25) is 14.7 Å². The van der Waals surface area contributed by atoms with Crippen LogP contribution in [0.1, 0.15) is 10.5 Å². The van der Waals surface area contributed by atoms with Crippen LogP contribution in [0.5, 0.6) is 0 Å². The lowest BCUT2D eigenvalue weighted by molar-refractivity contribution is -0.125. The highest BCUT2D eigenvalue weighted by Gasteiger charge is 2.40. The standard InChI is InChI=1S/C16H20N4O3/c1-17-15(21)12-8-20(7-10(12)9-23-2)16(22)14-11-5-3-4-6-13(11)18-19-14/h3-6,10,12H,7-9H2,1-2H3,(H,17,21)(H,18,19)/t10-,12+/m0/s1. The number of nitrogens with one attached hydrogen (secondary N) is 2. The molecule has 7 heteroatoms. The molecule has 2 heterocycles. The Morgan fingerprint density at radius 1 is 1.39 bits per heavy atom. The summed E-state index contributed by atoms with van der Waals surface area (Å²) < 4.78 is 5.20. The number of para-hydroxylation sites is 1. The van der Waals surface area contributed by atoms with Gasteiger partial charge in [-0.25, -0.2) is 0 Å². The van der Waals surface area contributed by atoms with E-state index in [4.69, 9.17) is 4.74 Å². The largest absolute Gasteiger partial charge is 0.384 e. The highest BCUT2D eigenvalue weighted by molar-refractivity contribution is 6.04. The SMILES string of the molecule is CNC(=O)[C@@H]1CN(C(=O)c2n[nH]c3ccccc23)C[C@H]1COC. The fourth-order valence-corrected chi connectivity index (χ4v) is 3.18. The average molecular weight is 316 g/mol. The minimum absolute atomic E-state index is 0.00546. The number of methoxy groups -OCH3 is 1. The maximum absolute atomic E-state index is 12.8. The molecule has 7 nitrogen and oxygen atoms in total. The van der Waals surface area contributed by atoms with Crippen molar-refractivity contribution in [1.29, 1.82) is 0 Å². The van der Waals surface area contributed by atoms with Gasteiger partial charge in [0.2, 0.25) is 5.91 Å². The van der Waals surface area contributed by atoms with Crippen LogP contribution in [0.2, 0.25) is 0 Å². The van der Waals surface area contributed by atoms with Crippen molar-refractivity contribution in [3.63, 3.8) is 0 Å². The number of aromatic amines is 1. The third kappa shape index (κ3) is 2.79. The third-order valence-electron chi connectivity index (χ3n) is 4.37. The zero-order valence-corrected chi connectivity index (χ0v) is 13.2. The smallest absolute Gasteiger partial charge is 0.275 e. The summed E-state index contributed by atoms with van der Waals surface area (Å²) in [5.41, 5.74) is 1.22. The first kappa shape index (κ1) is 15.5. The number of H-pyrrole nitrogens is 1. The molecule has 2 atom stereocenters. The minimum Gasteiger partial charge on any atom is -0.384 e. The molecule has 2 N–H and O–H groups in total. The Kier molecular flexibility index (Phi) is 4.29. The lowest BCUT2D eigenvalue weighted by Gasteiger charge is -2.14. The summed E-state index contributed by atoms with van der Waals surface area (Å²) in [5, 5.41) is 10.5. The number of aromatic nitrogens is 2. The van der Waals surface area contributed by atoms with Gasteiger partial charge in [0.15, 0.2) is 5.69 Å². The molecule has 1 saturated heterocycles. The number of hydrogen-bond donors (Lipinski definition) is 2. The van der Waals surface area contributed by atoms with Crippen molar-refractivity contribution in [1.82, 2.24) is 20.4 Å². The van der Waals surface area contributed by atoms with E-state index < -0.39 is 0 Å². The Bertz CT molecular complexity index is 727. The average Bonchev–Trinajstić information content (AvgIpc) is 3.18. The van der Waals surface area contributed by atoms with Gasteiger partial charge in [-0.1, -0.05) is 18.2 Å². The zero-order chi connectivity index (χ0) is 16.4. The van der Waals surface area contributed by atoms with Crippen LogP contribution >= 0.6 is 0 Å². The highest BCUT2D eigenvalue weighted by Crippen LogP contribution is 2.26. The Hall–Kier alpha value is -2.41. The van der Waals surface area contributed by atoms with Crippen molar-refractivity contribution < 1.29 is 14.3 Å². The summed E-state index contributed by atoms with van der Waals surface area (Å²) in [5.74, 6) is -0.479. The van der Waals surface area contributed by atoms with Gasteiger partial charge in [-0.2, -0.15) is 5.10 Å². The second kappa shape index (κ2) is 6.37.